The molecule has 1 fully saturated rings. The van der Waals surface area contributed by atoms with Gasteiger partial charge in [-0.2, -0.15) is 0 Å². The molecular formula is C25H23N3O5S3. The number of amides is 1. The summed E-state index contributed by atoms with van der Waals surface area (Å²) in [5, 5.41) is 17.0. The fraction of sp³-hybridized carbons (Fsp3) is 0.360. The summed E-state index contributed by atoms with van der Waals surface area (Å²) < 4.78 is 1.26. The van der Waals surface area contributed by atoms with Crippen molar-refractivity contribution in [1.82, 2.24) is 15.1 Å². The average Bonchev–Trinajstić information content (AvgIpc) is 3.35. The van der Waals surface area contributed by atoms with Crippen molar-refractivity contribution in [3.63, 3.8) is 0 Å². The highest BCUT2D eigenvalue weighted by molar-refractivity contribution is 8.15. The van der Waals surface area contributed by atoms with Crippen molar-refractivity contribution in [2.75, 3.05) is 19.8 Å². The van der Waals surface area contributed by atoms with Crippen molar-refractivity contribution in [3.05, 3.63) is 52.1 Å². The number of aromatic nitrogens is 2. The molecule has 1 amide bonds. The number of carboxylic acids is 1. The number of likely N-dealkylation sites (N-methyl/N-ethyl adjacent to an activating group) is 1. The van der Waals surface area contributed by atoms with Gasteiger partial charge in [0.25, 0.3) is 5.24 Å². The van der Waals surface area contributed by atoms with Crippen LogP contribution in [0.5, 0.6) is 0 Å². The number of hydrogen-bond acceptors (Lipinski definition) is 9. The summed E-state index contributed by atoms with van der Waals surface area (Å²) in [6, 6.07) is 6.00. The summed E-state index contributed by atoms with van der Waals surface area (Å²) in [4.78, 5) is 53.5. The van der Waals surface area contributed by atoms with Crippen molar-refractivity contribution >= 4 is 63.2 Å². The molecule has 0 aliphatic heterocycles. The standard InChI is InChI=1S/C25H23N3O5S3/c1-28(25(33)36-24-27-26-23(34-2)35-24)11-16-17(12-7-9-15(10-8-12)22(31)32)21(30)19-14-5-3-13(4-6-14)18(19)20(16)29/h7-10,13-14H,3-6,11H2,1-2H3,(H,31,32). The zero-order valence-electron chi connectivity index (χ0n) is 19.6. The van der Waals surface area contributed by atoms with Crippen LogP contribution in [0.1, 0.15) is 41.6 Å². The number of Topliss-reactive ketones (excluding diaryl/α,β-unsaturated/α-hetero) is 2. The number of fused-ring (bicyclic) bond motifs is 2. The molecule has 8 nitrogen and oxygen atoms in total. The van der Waals surface area contributed by atoms with Crippen molar-refractivity contribution in [2.45, 2.75) is 34.4 Å². The van der Waals surface area contributed by atoms with E-state index in [2.05, 4.69) is 10.2 Å². The summed E-state index contributed by atoms with van der Waals surface area (Å²) in [6.07, 6.45) is 5.48. The molecule has 11 heteroatoms. The number of rotatable bonds is 6. The Balaban J connectivity index is 1.51. The minimum absolute atomic E-state index is 0.0330. The summed E-state index contributed by atoms with van der Waals surface area (Å²) in [6.45, 7) is -0.0330. The maximum Gasteiger partial charge on any atom is 0.335 e. The molecule has 0 atom stereocenters. The highest BCUT2D eigenvalue weighted by Crippen LogP contribution is 2.50. The largest absolute Gasteiger partial charge is 0.478 e. The lowest BCUT2D eigenvalue weighted by atomic mass is 9.61. The second-order valence-corrected chi connectivity index (χ2v) is 12.3. The van der Waals surface area contributed by atoms with Crippen molar-refractivity contribution in [3.8, 4) is 0 Å². The van der Waals surface area contributed by atoms with Gasteiger partial charge < -0.3 is 10.0 Å². The molecule has 36 heavy (non-hydrogen) atoms. The number of ketones is 2. The van der Waals surface area contributed by atoms with Crippen molar-refractivity contribution in [1.29, 1.82) is 0 Å². The predicted molar refractivity (Wildman–Crippen MR) is 138 cm³/mol. The van der Waals surface area contributed by atoms with Crippen LogP contribution in [0.4, 0.5) is 4.79 Å². The van der Waals surface area contributed by atoms with E-state index in [1.807, 2.05) is 6.26 Å². The maximum absolute atomic E-state index is 13.9. The lowest BCUT2D eigenvalue weighted by Crippen LogP contribution is -2.40. The first-order valence-electron chi connectivity index (χ1n) is 11.5. The van der Waals surface area contributed by atoms with Crippen LogP contribution >= 0.6 is 34.9 Å². The SMILES string of the molecule is CSc1nnc(SC(=O)N(C)CC2=C(c3ccc(C(=O)O)cc3)C(=O)C3=C(C2=O)C2CCC3CC2)s1. The van der Waals surface area contributed by atoms with Crippen molar-refractivity contribution in [2.24, 2.45) is 11.8 Å². The third-order valence-corrected chi connectivity index (χ3v) is 9.93. The number of aromatic carboxylic acids is 1. The summed E-state index contributed by atoms with van der Waals surface area (Å²) in [5.41, 5.74) is 2.40. The van der Waals surface area contributed by atoms with E-state index >= 15 is 0 Å². The van der Waals surface area contributed by atoms with E-state index in [0.717, 1.165) is 41.8 Å². The van der Waals surface area contributed by atoms with Gasteiger partial charge in [0.05, 0.1) is 12.1 Å². The molecule has 0 saturated heterocycles. The van der Waals surface area contributed by atoms with E-state index in [4.69, 9.17) is 0 Å². The lowest BCUT2D eigenvalue weighted by molar-refractivity contribution is -0.117. The van der Waals surface area contributed by atoms with Gasteiger partial charge in [0.15, 0.2) is 20.2 Å². The van der Waals surface area contributed by atoms with E-state index in [9.17, 15) is 24.3 Å². The van der Waals surface area contributed by atoms with Crippen molar-refractivity contribution < 1.29 is 24.3 Å². The Hall–Kier alpha value is -2.76. The number of nitrogens with zero attached hydrogens (tertiary/aromatic N) is 3. The zero-order chi connectivity index (χ0) is 25.6. The molecule has 1 saturated carbocycles. The van der Waals surface area contributed by atoms with E-state index < -0.39 is 5.97 Å². The smallest absolute Gasteiger partial charge is 0.335 e. The van der Waals surface area contributed by atoms with Crippen LogP contribution in [0, 0.1) is 11.8 Å². The molecule has 0 radical (unpaired) electrons. The van der Waals surface area contributed by atoms with E-state index in [1.165, 1.54) is 40.1 Å². The van der Waals surface area contributed by atoms with E-state index in [0.29, 0.717) is 21.0 Å². The maximum atomic E-state index is 13.9. The first kappa shape index (κ1) is 24.9. The second kappa shape index (κ2) is 9.95. The zero-order valence-corrected chi connectivity index (χ0v) is 22.1. The predicted octanol–water partition coefficient (Wildman–Crippen LogP) is 4.82. The van der Waals surface area contributed by atoms with E-state index in [-0.39, 0.29) is 51.9 Å². The lowest BCUT2D eigenvalue weighted by Gasteiger charge is -2.42. The van der Waals surface area contributed by atoms with E-state index in [1.54, 1.807) is 19.2 Å². The van der Waals surface area contributed by atoms with Gasteiger partial charge in [-0.05, 0) is 61.5 Å². The topological polar surface area (TPSA) is 118 Å². The third kappa shape index (κ3) is 4.44. The van der Waals surface area contributed by atoms with Gasteiger partial charge in [0, 0.05) is 41.1 Å². The Morgan fingerprint density at radius 2 is 1.58 bits per heavy atom. The molecule has 0 unspecified atom stereocenters. The van der Waals surface area contributed by atoms with Gasteiger partial charge in [-0.15, -0.1) is 10.2 Å². The Kier molecular flexibility index (Phi) is 6.88. The molecule has 6 rings (SSSR count). The van der Waals surface area contributed by atoms with Crippen LogP contribution in [0.2, 0.25) is 0 Å². The monoisotopic (exact) mass is 541 g/mol. The molecule has 4 aliphatic rings. The molecule has 4 aliphatic carbocycles. The van der Waals surface area contributed by atoms with Gasteiger partial charge in [-0.25, -0.2) is 4.79 Å². The highest BCUT2D eigenvalue weighted by atomic mass is 32.2. The van der Waals surface area contributed by atoms with Crippen LogP contribution in [0.15, 0.2) is 49.7 Å². The molecule has 1 N–H and O–H groups in total. The molecule has 186 valence electrons. The van der Waals surface area contributed by atoms with Crippen LogP contribution in [0.25, 0.3) is 5.57 Å². The highest BCUT2D eigenvalue weighted by Gasteiger charge is 2.46. The molecule has 1 aromatic heterocycles. The molecular weight excluding hydrogens is 518 g/mol. The van der Waals surface area contributed by atoms with Crippen LogP contribution in [-0.2, 0) is 9.59 Å². The third-order valence-electron chi connectivity index (χ3n) is 6.99. The van der Waals surface area contributed by atoms with Crippen LogP contribution < -0.4 is 0 Å². The molecule has 1 heterocycles. The minimum atomic E-state index is -1.07. The first-order chi connectivity index (χ1) is 17.3. The first-order valence-corrected chi connectivity index (χ1v) is 14.3. The van der Waals surface area contributed by atoms with Gasteiger partial charge in [0.2, 0.25) is 0 Å². The molecule has 0 spiro atoms. The summed E-state index contributed by atoms with van der Waals surface area (Å²) in [7, 11) is 1.60. The number of carbonyl (C=O) groups is 4. The Bertz CT molecular complexity index is 1340. The van der Waals surface area contributed by atoms with Gasteiger partial charge >= 0.3 is 5.97 Å². The summed E-state index contributed by atoms with van der Waals surface area (Å²) >= 11 is 3.70. The van der Waals surface area contributed by atoms with Gasteiger partial charge in [0.1, 0.15) is 0 Å². The Morgan fingerprint density at radius 3 is 2.14 bits per heavy atom. The molecule has 1 aromatic carbocycles. The normalized spacial score (nSPS) is 21.2. The summed E-state index contributed by atoms with van der Waals surface area (Å²) in [5.74, 6) is -1.25. The van der Waals surface area contributed by atoms with Gasteiger partial charge in [-0.3, -0.25) is 14.4 Å². The van der Waals surface area contributed by atoms with Crippen LogP contribution in [-0.4, -0.2) is 62.8 Å². The second-order valence-electron chi connectivity index (χ2n) is 9.03. The molecule has 2 bridgehead atoms. The quantitative estimate of drug-likeness (QED) is 0.405. The van der Waals surface area contributed by atoms with Gasteiger partial charge in [-0.1, -0.05) is 35.2 Å². The number of thioether (sulfide) groups is 2. The molecule has 2 aromatic rings. The fourth-order valence-corrected chi connectivity index (χ4v) is 7.52. The average molecular weight is 542 g/mol. The number of allylic oxidation sites excluding steroid dienone is 3. The number of carboxylic acid groups (broad SMARTS) is 1. The number of benzene rings is 1. The fourth-order valence-electron chi connectivity index (χ4n) is 5.28. The van der Waals surface area contributed by atoms with Crippen LogP contribution in [0.3, 0.4) is 0 Å². The Labute approximate surface area is 220 Å². The Morgan fingerprint density at radius 1 is 1.00 bits per heavy atom. The number of carbonyl (C=O) groups excluding carboxylic acids is 3. The number of hydrogen-bond donors (Lipinski definition) is 1. The minimum Gasteiger partial charge on any atom is -0.478 e.